The average molecular weight is 312 g/mol. The second-order valence-corrected chi connectivity index (χ2v) is 8.31. The fourth-order valence-corrected chi connectivity index (χ4v) is 2.84. The standard InChI is InChI=1S/C16H28N2O2S/c1-13(2)14-6-8-15(9-7-14)16(17-3)12-18(4)10-11-21(5,19)20/h6-9,13,16-17H,10-12H2,1-5H3. The van der Waals surface area contributed by atoms with Crippen LogP contribution < -0.4 is 5.32 Å². The van der Waals surface area contributed by atoms with Crippen molar-refractivity contribution in [2.75, 3.05) is 39.2 Å². The molecule has 0 aromatic heterocycles. The van der Waals surface area contributed by atoms with Crippen LogP contribution in [-0.4, -0.2) is 52.5 Å². The third kappa shape index (κ3) is 6.59. The molecule has 1 aromatic rings. The number of hydrogen-bond donors (Lipinski definition) is 1. The predicted octanol–water partition coefficient (Wildman–Crippen LogP) is 2.05. The fourth-order valence-electron chi connectivity index (χ4n) is 2.20. The van der Waals surface area contributed by atoms with Crippen LogP contribution in [0, 0.1) is 0 Å². The van der Waals surface area contributed by atoms with Crippen LogP contribution in [0.4, 0.5) is 0 Å². The maximum absolute atomic E-state index is 11.2. The third-order valence-electron chi connectivity index (χ3n) is 3.69. The summed E-state index contributed by atoms with van der Waals surface area (Å²) in [5.41, 5.74) is 2.56. The molecule has 120 valence electrons. The van der Waals surface area contributed by atoms with E-state index >= 15 is 0 Å². The summed E-state index contributed by atoms with van der Waals surface area (Å²) in [5.74, 6) is 0.733. The Hall–Kier alpha value is -0.910. The molecule has 1 atom stereocenters. The van der Waals surface area contributed by atoms with Crippen LogP contribution in [0.15, 0.2) is 24.3 Å². The minimum atomic E-state index is -2.90. The van der Waals surface area contributed by atoms with Crippen LogP contribution in [0.5, 0.6) is 0 Å². The van der Waals surface area contributed by atoms with Gasteiger partial charge in [-0.05, 0) is 31.1 Å². The SMILES string of the molecule is CNC(CN(C)CCS(C)(=O)=O)c1ccc(C(C)C)cc1. The van der Waals surface area contributed by atoms with E-state index in [1.165, 1.54) is 17.4 Å². The number of nitrogens with one attached hydrogen (secondary N) is 1. The van der Waals surface area contributed by atoms with E-state index in [0.717, 1.165) is 6.54 Å². The zero-order valence-electron chi connectivity index (χ0n) is 13.8. The van der Waals surface area contributed by atoms with Crippen molar-refractivity contribution in [2.24, 2.45) is 0 Å². The van der Waals surface area contributed by atoms with E-state index in [-0.39, 0.29) is 11.8 Å². The highest BCUT2D eigenvalue weighted by Crippen LogP contribution is 2.19. The van der Waals surface area contributed by atoms with E-state index < -0.39 is 9.84 Å². The van der Waals surface area contributed by atoms with Crippen molar-refractivity contribution in [3.8, 4) is 0 Å². The molecule has 0 amide bonds. The van der Waals surface area contributed by atoms with Crippen LogP contribution in [0.3, 0.4) is 0 Å². The summed E-state index contributed by atoms with van der Waals surface area (Å²) in [4.78, 5) is 2.05. The third-order valence-corrected chi connectivity index (χ3v) is 4.62. The van der Waals surface area contributed by atoms with E-state index in [1.807, 2.05) is 14.1 Å². The summed E-state index contributed by atoms with van der Waals surface area (Å²) >= 11 is 0. The molecule has 1 rings (SSSR count). The number of likely N-dealkylation sites (N-methyl/N-ethyl adjacent to an activating group) is 2. The van der Waals surface area contributed by atoms with Crippen molar-refractivity contribution in [2.45, 2.75) is 25.8 Å². The van der Waals surface area contributed by atoms with Gasteiger partial charge >= 0.3 is 0 Å². The van der Waals surface area contributed by atoms with Gasteiger partial charge in [0.2, 0.25) is 0 Å². The van der Waals surface area contributed by atoms with Gasteiger partial charge in [0.15, 0.2) is 0 Å². The van der Waals surface area contributed by atoms with E-state index in [0.29, 0.717) is 12.5 Å². The molecule has 0 aliphatic rings. The Labute approximate surface area is 129 Å². The summed E-state index contributed by atoms with van der Waals surface area (Å²) in [6.07, 6.45) is 1.28. The normalized spacial score (nSPS) is 13.9. The van der Waals surface area contributed by atoms with Gasteiger partial charge in [0.05, 0.1) is 5.75 Å². The Kier molecular flexibility index (Phi) is 6.84. The molecule has 0 spiro atoms. The zero-order valence-corrected chi connectivity index (χ0v) is 14.6. The summed E-state index contributed by atoms with van der Waals surface area (Å²) in [5, 5.41) is 3.30. The molecule has 0 saturated carbocycles. The van der Waals surface area contributed by atoms with E-state index in [9.17, 15) is 8.42 Å². The summed E-state index contributed by atoms with van der Waals surface area (Å²) < 4.78 is 22.4. The molecule has 0 heterocycles. The van der Waals surface area contributed by atoms with Gasteiger partial charge in [-0.3, -0.25) is 0 Å². The fraction of sp³-hybridized carbons (Fsp3) is 0.625. The Morgan fingerprint density at radius 2 is 1.67 bits per heavy atom. The lowest BCUT2D eigenvalue weighted by atomic mass is 9.99. The molecule has 21 heavy (non-hydrogen) atoms. The first kappa shape index (κ1) is 18.1. The van der Waals surface area contributed by atoms with Crippen molar-refractivity contribution >= 4 is 9.84 Å². The van der Waals surface area contributed by atoms with Gasteiger partial charge in [0, 0.05) is 25.4 Å². The van der Waals surface area contributed by atoms with Crippen molar-refractivity contribution in [1.82, 2.24) is 10.2 Å². The minimum Gasteiger partial charge on any atom is -0.312 e. The first-order valence-electron chi connectivity index (χ1n) is 7.36. The van der Waals surface area contributed by atoms with Gasteiger partial charge in [-0.1, -0.05) is 38.1 Å². The first-order valence-corrected chi connectivity index (χ1v) is 9.42. The number of hydrogen-bond acceptors (Lipinski definition) is 4. The Morgan fingerprint density at radius 1 is 1.14 bits per heavy atom. The molecule has 0 radical (unpaired) electrons. The molecule has 0 saturated heterocycles. The Bertz CT molecular complexity index is 524. The van der Waals surface area contributed by atoms with Crippen LogP contribution in [-0.2, 0) is 9.84 Å². The van der Waals surface area contributed by atoms with Crippen molar-refractivity contribution in [3.63, 3.8) is 0 Å². The Balaban J connectivity index is 2.65. The molecule has 1 aromatic carbocycles. The quantitative estimate of drug-likeness (QED) is 0.798. The van der Waals surface area contributed by atoms with Crippen LogP contribution in [0.2, 0.25) is 0 Å². The molecule has 0 fully saturated rings. The summed E-state index contributed by atoms with van der Waals surface area (Å²) in [6, 6.07) is 8.85. The molecule has 4 nitrogen and oxygen atoms in total. The minimum absolute atomic E-state index is 0.201. The zero-order chi connectivity index (χ0) is 16.0. The molecular formula is C16H28N2O2S. The monoisotopic (exact) mass is 312 g/mol. The molecular weight excluding hydrogens is 284 g/mol. The van der Waals surface area contributed by atoms with Gasteiger partial charge in [-0.15, -0.1) is 0 Å². The molecule has 0 aliphatic heterocycles. The van der Waals surface area contributed by atoms with E-state index in [4.69, 9.17) is 0 Å². The van der Waals surface area contributed by atoms with Crippen molar-refractivity contribution in [3.05, 3.63) is 35.4 Å². The highest BCUT2D eigenvalue weighted by atomic mass is 32.2. The van der Waals surface area contributed by atoms with Gasteiger partial charge in [-0.25, -0.2) is 8.42 Å². The highest BCUT2D eigenvalue weighted by molar-refractivity contribution is 7.90. The lowest BCUT2D eigenvalue weighted by Crippen LogP contribution is -2.34. The molecule has 5 heteroatoms. The molecule has 0 aliphatic carbocycles. The van der Waals surface area contributed by atoms with Crippen LogP contribution >= 0.6 is 0 Å². The maximum Gasteiger partial charge on any atom is 0.148 e. The van der Waals surface area contributed by atoms with Crippen LogP contribution in [0.25, 0.3) is 0 Å². The molecule has 1 unspecified atom stereocenters. The maximum atomic E-state index is 11.2. The highest BCUT2D eigenvalue weighted by Gasteiger charge is 2.13. The smallest absolute Gasteiger partial charge is 0.148 e. The number of nitrogens with zero attached hydrogens (tertiary/aromatic N) is 1. The lowest BCUT2D eigenvalue weighted by molar-refractivity contribution is 0.311. The van der Waals surface area contributed by atoms with Crippen molar-refractivity contribution in [1.29, 1.82) is 0 Å². The first-order chi connectivity index (χ1) is 9.73. The Morgan fingerprint density at radius 3 is 2.10 bits per heavy atom. The van der Waals surface area contributed by atoms with E-state index in [2.05, 4.69) is 48.3 Å². The molecule has 0 bridgehead atoms. The van der Waals surface area contributed by atoms with Crippen LogP contribution in [0.1, 0.15) is 36.9 Å². The van der Waals surface area contributed by atoms with Gasteiger partial charge in [0.1, 0.15) is 9.84 Å². The molecule has 1 N–H and O–H groups in total. The van der Waals surface area contributed by atoms with Gasteiger partial charge < -0.3 is 10.2 Å². The number of benzene rings is 1. The summed E-state index contributed by atoms with van der Waals surface area (Å²) in [7, 11) is 0.989. The van der Waals surface area contributed by atoms with Gasteiger partial charge in [0.25, 0.3) is 0 Å². The largest absolute Gasteiger partial charge is 0.312 e. The second kappa shape index (κ2) is 7.92. The number of sulfone groups is 1. The van der Waals surface area contributed by atoms with Gasteiger partial charge in [-0.2, -0.15) is 0 Å². The lowest BCUT2D eigenvalue weighted by Gasteiger charge is -2.24. The topological polar surface area (TPSA) is 49.4 Å². The second-order valence-electron chi connectivity index (χ2n) is 6.05. The van der Waals surface area contributed by atoms with E-state index in [1.54, 1.807) is 0 Å². The average Bonchev–Trinajstić information content (AvgIpc) is 2.42. The predicted molar refractivity (Wildman–Crippen MR) is 89.5 cm³/mol. The summed E-state index contributed by atoms with van der Waals surface area (Å²) in [6.45, 7) is 5.71. The van der Waals surface area contributed by atoms with Crippen molar-refractivity contribution < 1.29 is 8.42 Å². The number of rotatable bonds is 8.